The second-order valence-electron chi connectivity index (χ2n) is 1.39. The van der Waals surface area contributed by atoms with Crippen molar-refractivity contribution in [1.29, 1.82) is 0 Å². The van der Waals surface area contributed by atoms with Gasteiger partial charge in [0.05, 0.1) is 6.20 Å². The van der Waals surface area contributed by atoms with Gasteiger partial charge in [-0.3, -0.25) is 5.73 Å². The number of aromatic nitrogens is 2. The summed E-state index contributed by atoms with van der Waals surface area (Å²) in [5, 5.41) is 3.65. The van der Waals surface area contributed by atoms with Crippen LogP contribution in [0, 0.1) is 0 Å². The molecule has 0 aliphatic heterocycles. The van der Waals surface area contributed by atoms with Crippen LogP contribution in [0.15, 0.2) is 18.3 Å². The number of hydrogen-bond donors (Lipinski definition) is 2. The van der Waals surface area contributed by atoms with Crippen LogP contribution in [0.5, 0.6) is 0 Å². The molecule has 42 valence electrons. The first-order valence-electron chi connectivity index (χ1n) is 2.18. The van der Waals surface area contributed by atoms with E-state index in [2.05, 4.69) is 5.10 Å². The molecule has 1 aromatic rings. The molecular weight excluding hydrogens is 104 g/mol. The fraction of sp³-hybridized carbons (Fsp3) is 0. The maximum Gasteiger partial charge on any atom is 0.318 e. The van der Waals surface area contributed by atoms with E-state index in [0.29, 0.717) is 5.82 Å². The van der Waals surface area contributed by atoms with E-state index in [0.717, 1.165) is 4.79 Å². The molecule has 1 aromatic heterocycles. The molecule has 0 saturated carbocycles. The zero-order valence-electron chi connectivity index (χ0n) is 4.28. The molecular formula is C4H7N4+. The third-order valence-corrected chi connectivity index (χ3v) is 0.809. The van der Waals surface area contributed by atoms with Gasteiger partial charge in [0.2, 0.25) is 0 Å². The second kappa shape index (κ2) is 1.65. The third kappa shape index (κ3) is 0.676. The van der Waals surface area contributed by atoms with Crippen LogP contribution in [0.4, 0.5) is 5.82 Å². The van der Waals surface area contributed by atoms with Crippen molar-refractivity contribution in [3.63, 3.8) is 0 Å². The average molecular weight is 111 g/mol. The Balaban J connectivity index is 3.13. The minimum absolute atomic E-state index is 0.451. The van der Waals surface area contributed by atoms with Crippen LogP contribution in [-0.4, -0.2) is 5.10 Å². The van der Waals surface area contributed by atoms with E-state index in [9.17, 15) is 0 Å². The number of rotatable bonds is 0. The van der Waals surface area contributed by atoms with E-state index in [1.807, 2.05) is 0 Å². The highest BCUT2D eigenvalue weighted by Gasteiger charge is 1.94. The highest BCUT2D eigenvalue weighted by Crippen LogP contribution is 1.82. The summed E-state index contributed by atoms with van der Waals surface area (Å²) in [6, 6.07) is 3.39. The second-order valence-corrected chi connectivity index (χ2v) is 1.39. The molecule has 4 N–H and O–H groups in total. The van der Waals surface area contributed by atoms with Crippen LogP contribution in [0.1, 0.15) is 0 Å². The maximum absolute atomic E-state index is 5.30. The first-order valence-corrected chi connectivity index (χ1v) is 2.18. The van der Waals surface area contributed by atoms with E-state index >= 15 is 0 Å². The summed E-state index contributed by atoms with van der Waals surface area (Å²) in [4.78, 5) is 1.11. The van der Waals surface area contributed by atoms with Gasteiger partial charge in [-0.15, -0.1) is 0 Å². The predicted molar refractivity (Wildman–Crippen MR) is 29.0 cm³/mol. The average Bonchev–Trinajstić information content (AvgIpc) is 1.77. The zero-order valence-corrected chi connectivity index (χ0v) is 4.28. The van der Waals surface area contributed by atoms with E-state index in [1.165, 1.54) is 0 Å². The highest BCUT2D eigenvalue weighted by molar-refractivity contribution is 5.16. The largest absolute Gasteiger partial charge is 0.318 e. The minimum atomic E-state index is 0.451. The van der Waals surface area contributed by atoms with E-state index in [1.54, 1.807) is 18.3 Å². The SMILES string of the molecule is Nc1cccn[n+]1N. The van der Waals surface area contributed by atoms with Crippen molar-refractivity contribution in [2.24, 2.45) is 0 Å². The molecule has 4 heteroatoms. The maximum atomic E-state index is 5.30. The molecule has 1 rings (SSSR count). The predicted octanol–water partition coefficient (Wildman–Crippen LogP) is -1.33. The van der Waals surface area contributed by atoms with Crippen LogP contribution < -0.4 is 16.4 Å². The van der Waals surface area contributed by atoms with Crippen molar-refractivity contribution in [1.82, 2.24) is 5.10 Å². The Labute approximate surface area is 46.7 Å². The topological polar surface area (TPSA) is 68.8 Å². The molecule has 0 amide bonds. The Morgan fingerprint density at radius 1 is 1.62 bits per heavy atom. The van der Waals surface area contributed by atoms with Crippen molar-refractivity contribution in [2.75, 3.05) is 11.6 Å². The monoisotopic (exact) mass is 111 g/mol. The first kappa shape index (κ1) is 4.83. The van der Waals surface area contributed by atoms with Gasteiger partial charge in [-0.1, -0.05) is 5.10 Å². The summed E-state index contributed by atoms with van der Waals surface area (Å²) in [6.45, 7) is 0. The molecule has 0 spiro atoms. The number of anilines is 1. The number of nitrogens with zero attached hydrogens (tertiary/aromatic N) is 2. The minimum Gasteiger partial charge on any atom is -0.284 e. The van der Waals surface area contributed by atoms with E-state index in [4.69, 9.17) is 11.6 Å². The Morgan fingerprint density at radius 2 is 2.38 bits per heavy atom. The fourth-order valence-electron chi connectivity index (χ4n) is 0.395. The summed E-state index contributed by atoms with van der Waals surface area (Å²) in [6.07, 6.45) is 1.57. The standard InChI is InChI=1S/C4H6N4/c5-4-2-1-3-7-8(4)6/h1-3,5H,6H2/p+1. The van der Waals surface area contributed by atoms with Crippen LogP contribution in [0.2, 0.25) is 0 Å². The van der Waals surface area contributed by atoms with Gasteiger partial charge in [-0.2, -0.15) is 0 Å². The van der Waals surface area contributed by atoms with Crippen LogP contribution in [0.3, 0.4) is 0 Å². The lowest BCUT2D eigenvalue weighted by molar-refractivity contribution is -0.686. The van der Waals surface area contributed by atoms with Crippen molar-refractivity contribution in [2.45, 2.75) is 0 Å². The molecule has 0 saturated heterocycles. The normalized spacial score (nSPS) is 9.00. The summed E-state index contributed by atoms with van der Waals surface area (Å²) in [5.41, 5.74) is 5.30. The Hall–Kier alpha value is -1.32. The zero-order chi connectivity index (χ0) is 5.98. The Kier molecular flexibility index (Phi) is 0.997. The number of hydrogen-bond acceptors (Lipinski definition) is 3. The Morgan fingerprint density at radius 3 is 2.75 bits per heavy atom. The van der Waals surface area contributed by atoms with E-state index < -0.39 is 0 Å². The van der Waals surface area contributed by atoms with Crippen LogP contribution in [-0.2, 0) is 0 Å². The molecule has 0 fully saturated rings. The van der Waals surface area contributed by atoms with Gasteiger partial charge < -0.3 is 0 Å². The lowest BCUT2D eigenvalue weighted by Crippen LogP contribution is -2.50. The molecule has 0 unspecified atom stereocenters. The van der Waals surface area contributed by atoms with Gasteiger partial charge in [0.15, 0.2) is 0 Å². The van der Waals surface area contributed by atoms with Gasteiger partial charge in [0, 0.05) is 6.07 Å². The highest BCUT2D eigenvalue weighted by atomic mass is 15.5. The van der Waals surface area contributed by atoms with Crippen molar-refractivity contribution in [3.8, 4) is 0 Å². The van der Waals surface area contributed by atoms with Crippen molar-refractivity contribution in [3.05, 3.63) is 18.3 Å². The van der Waals surface area contributed by atoms with Gasteiger partial charge in [-0.25, -0.2) is 5.84 Å². The van der Waals surface area contributed by atoms with Crippen molar-refractivity contribution < 1.29 is 4.79 Å². The van der Waals surface area contributed by atoms with Gasteiger partial charge in [0.1, 0.15) is 0 Å². The van der Waals surface area contributed by atoms with E-state index in [-0.39, 0.29) is 0 Å². The smallest absolute Gasteiger partial charge is 0.284 e. The lowest BCUT2D eigenvalue weighted by Gasteiger charge is -1.86. The molecule has 0 atom stereocenters. The Bertz CT molecular complexity index is 164. The summed E-state index contributed by atoms with van der Waals surface area (Å²) < 4.78 is 0. The molecule has 4 nitrogen and oxygen atoms in total. The van der Waals surface area contributed by atoms with Gasteiger partial charge >= 0.3 is 5.82 Å². The molecule has 0 radical (unpaired) electrons. The summed E-state index contributed by atoms with van der Waals surface area (Å²) in [5.74, 6) is 5.65. The van der Waals surface area contributed by atoms with Gasteiger partial charge in [-0.05, 0) is 10.9 Å². The quantitative estimate of drug-likeness (QED) is 0.322. The molecule has 0 aliphatic rings. The number of nitrogens with two attached hydrogens (primary N) is 2. The molecule has 0 aromatic carbocycles. The lowest BCUT2D eigenvalue weighted by atomic mass is 10.5. The third-order valence-electron chi connectivity index (χ3n) is 0.809. The first-order chi connectivity index (χ1) is 3.80. The van der Waals surface area contributed by atoms with Gasteiger partial charge in [0.25, 0.3) is 0 Å². The van der Waals surface area contributed by atoms with Crippen LogP contribution in [0.25, 0.3) is 0 Å². The van der Waals surface area contributed by atoms with Crippen LogP contribution >= 0.6 is 0 Å². The fourth-order valence-corrected chi connectivity index (χ4v) is 0.395. The molecule has 8 heavy (non-hydrogen) atoms. The summed E-state index contributed by atoms with van der Waals surface area (Å²) >= 11 is 0. The molecule has 0 aliphatic carbocycles. The summed E-state index contributed by atoms with van der Waals surface area (Å²) in [7, 11) is 0. The van der Waals surface area contributed by atoms with Crippen molar-refractivity contribution >= 4 is 5.82 Å². The number of nitrogen functional groups attached to an aromatic ring is 2. The molecule has 0 bridgehead atoms. The molecule has 1 heterocycles.